The van der Waals surface area contributed by atoms with Gasteiger partial charge < -0.3 is 19.7 Å². The SMILES string of the molecule is CCOC1=C2CN(c3ccc(CC4(NC(=O)NS(=O)(=O)c5ccccc5C(F)(F)F)CC4)cc3C)C=C2c2c(OCC)cccc2C1=O. The van der Waals surface area contributed by atoms with Gasteiger partial charge in [-0.15, -0.1) is 0 Å². The first-order valence-corrected chi connectivity index (χ1v) is 17.0. The smallest absolute Gasteiger partial charge is 0.417 e. The van der Waals surface area contributed by atoms with Crippen LogP contribution in [-0.4, -0.2) is 45.5 Å². The molecular formula is C35H34F3N3O6S. The average molecular weight is 682 g/mol. The molecule has 9 nitrogen and oxygen atoms in total. The maximum Gasteiger partial charge on any atom is 0.417 e. The van der Waals surface area contributed by atoms with Crippen LogP contribution in [0.4, 0.5) is 23.7 Å². The molecule has 0 atom stereocenters. The van der Waals surface area contributed by atoms with Gasteiger partial charge >= 0.3 is 12.2 Å². The van der Waals surface area contributed by atoms with Crippen LogP contribution in [0, 0.1) is 6.92 Å². The molecule has 2 amide bonds. The van der Waals surface area contributed by atoms with E-state index in [0.717, 1.165) is 51.7 Å². The van der Waals surface area contributed by atoms with Crippen LogP contribution in [0.1, 0.15) is 59.3 Å². The Morgan fingerprint density at radius 3 is 2.40 bits per heavy atom. The molecule has 2 aliphatic carbocycles. The van der Waals surface area contributed by atoms with E-state index >= 15 is 0 Å². The number of alkyl halides is 3. The van der Waals surface area contributed by atoms with Gasteiger partial charge in [0.05, 0.1) is 30.2 Å². The number of hydrogen-bond acceptors (Lipinski definition) is 7. The van der Waals surface area contributed by atoms with E-state index in [1.807, 2.05) is 51.2 Å². The highest BCUT2D eigenvalue weighted by atomic mass is 32.2. The number of nitrogens with one attached hydrogen (secondary N) is 2. The van der Waals surface area contributed by atoms with E-state index in [4.69, 9.17) is 9.47 Å². The van der Waals surface area contributed by atoms with Gasteiger partial charge in [0.1, 0.15) is 5.75 Å². The first kappa shape index (κ1) is 33.1. The third-order valence-corrected chi connectivity index (χ3v) is 9.99. The van der Waals surface area contributed by atoms with E-state index < -0.39 is 38.2 Å². The second kappa shape index (κ2) is 12.3. The van der Waals surface area contributed by atoms with Crippen molar-refractivity contribution < 1.29 is 40.7 Å². The predicted octanol–water partition coefficient (Wildman–Crippen LogP) is 6.52. The average Bonchev–Trinajstić information content (AvgIpc) is 3.62. The molecule has 0 radical (unpaired) electrons. The van der Waals surface area contributed by atoms with Gasteiger partial charge in [0, 0.05) is 39.7 Å². The van der Waals surface area contributed by atoms with Crippen LogP contribution in [-0.2, 0) is 27.4 Å². The number of ether oxygens (including phenoxy) is 2. The zero-order valence-corrected chi connectivity index (χ0v) is 27.3. The Hall–Kier alpha value is -4.78. The summed E-state index contributed by atoms with van der Waals surface area (Å²) >= 11 is 0. The molecule has 0 bridgehead atoms. The van der Waals surface area contributed by atoms with E-state index in [1.165, 1.54) is 0 Å². The number of hydrogen-bond donors (Lipinski definition) is 2. The second-order valence-corrected chi connectivity index (χ2v) is 13.6. The van der Waals surface area contributed by atoms with Crippen molar-refractivity contribution in [2.45, 2.75) is 56.6 Å². The van der Waals surface area contributed by atoms with Gasteiger partial charge in [-0.25, -0.2) is 17.9 Å². The first-order chi connectivity index (χ1) is 22.8. The van der Waals surface area contributed by atoms with Crippen LogP contribution >= 0.6 is 0 Å². The Bertz CT molecular complexity index is 1980. The fourth-order valence-corrected chi connectivity index (χ4v) is 7.48. The summed E-state index contributed by atoms with van der Waals surface area (Å²) in [5.74, 6) is 0.768. The summed E-state index contributed by atoms with van der Waals surface area (Å²) in [4.78, 5) is 27.3. The third kappa shape index (κ3) is 6.26. The number of aryl methyl sites for hydroxylation is 1. The summed E-state index contributed by atoms with van der Waals surface area (Å²) in [6.45, 7) is 6.87. The normalized spacial score (nSPS) is 16.6. The molecule has 1 fully saturated rings. The van der Waals surface area contributed by atoms with E-state index in [1.54, 1.807) is 16.9 Å². The fraction of sp³-hybridized carbons (Fsp3) is 0.314. The highest BCUT2D eigenvalue weighted by molar-refractivity contribution is 7.90. The van der Waals surface area contributed by atoms with Gasteiger partial charge in [-0.3, -0.25) is 4.79 Å². The number of sulfonamides is 1. The van der Waals surface area contributed by atoms with Crippen LogP contribution in [0.15, 0.2) is 83.1 Å². The van der Waals surface area contributed by atoms with Gasteiger partial charge in [0.15, 0.2) is 5.76 Å². The number of allylic oxidation sites excluding steroid dienone is 1. The van der Waals surface area contributed by atoms with Crippen molar-refractivity contribution >= 4 is 33.1 Å². The van der Waals surface area contributed by atoms with Crippen molar-refractivity contribution in [3.63, 3.8) is 0 Å². The zero-order valence-electron chi connectivity index (χ0n) is 26.5. The minimum Gasteiger partial charge on any atom is -0.493 e. The second-order valence-electron chi connectivity index (χ2n) is 12.0. The Balaban J connectivity index is 1.20. The number of ketones is 1. The number of benzene rings is 3. The molecule has 3 aliphatic rings. The molecular weight excluding hydrogens is 647 g/mol. The van der Waals surface area contributed by atoms with Crippen molar-refractivity contribution in [2.75, 3.05) is 24.7 Å². The fourth-order valence-electron chi connectivity index (χ4n) is 6.35. The van der Waals surface area contributed by atoms with Crippen LogP contribution < -0.4 is 19.7 Å². The molecule has 0 spiro atoms. The molecule has 3 aromatic rings. The number of halogens is 3. The van der Waals surface area contributed by atoms with Crippen LogP contribution in [0.5, 0.6) is 5.75 Å². The summed E-state index contributed by atoms with van der Waals surface area (Å²) in [5.41, 5.74) is 3.53. The highest BCUT2D eigenvalue weighted by Crippen LogP contribution is 2.46. The van der Waals surface area contributed by atoms with Crippen molar-refractivity contribution in [3.8, 4) is 5.75 Å². The number of urea groups is 1. The van der Waals surface area contributed by atoms with Gasteiger partial charge in [0.2, 0.25) is 5.78 Å². The van der Waals surface area contributed by atoms with Crippen LogP contribution in [0.3, 0.4) is 0 Å². The summed E-state index contributed by atoms with van der Waals surface area (Å²) < 4.78 is 79.3. The van der Waals surface area contributed by atoms with E-state index in [2.05, 4.69) is 10.2 Å². The van der Waals surface area contributed by atoms with Crippen molar-refractivity contribution in [3.05, 3.63) is 106 Å². The van der Waals surface area contributed by atoms with Crippen LogP contribution in [0.2, 0.25) is 0 Å². The van der Waals surface area contributed by atoms with Crippen molar-refractivity contribution in [2.24, 2.45) is 0 Å². The Labute approximate surface area is 276 Å². The number of nitrogens with zero attached hydrogens (tertiary/aromatic N) is 1. The number of rotatable bonds is 10. The topological polar surface area (TPSA) is 114 Å². The maximum absolute atomic E-state index is 13.5. The van der Waals surface area contributed by atoms with Crippen molar-refractivity contribution in [1.29, 1.82) is 0 Å². The van der Waals surface area contributed by atoms with Gasteiger partial charge in [0.25, 0.3) is 10.0 Å². The number of anilines is 1. The first-order valence-electron chi connectivity index (χ1n) is 15.5. The lowest BCUT2D eigenvalue weighted by atomic mass is 9.85. The number of Topliss-reactive ketones (excluding diaryl/α,β-unsaturated/α-hetero) is 1. The monoisotopic (exact) mass is 681 g/mol. The molecule has 0 saturated heterocycles. The number of fused-ring (bicyclic) bond motifs is 3. The molecule has 1 saturated carbocycles. The molecule has 1 heterocycles. The maximum atomic E-state index is 13.5. The Morgan fingerprint density at radius 1 is 1.00 bits per heavy atom. The highest BCUT2D eigenvalue weighted by Gasteiger charge is 2.45. The van der Waals surface area contributed by atoms with E-state index in [9.17, 15) is 31.2 Å². The zero-order chi connectivity index (χ0) is 34.4. The molecule has 6 rings (SSSR count). The molecule has 2 N–H and O–H groups in total. The lowest BCUT2D eigenvalue weighted by molar-refractivity contribution is -0.139. The third-order valence-electron chi connectivity index (χ3n) is 8.60. The summed E-state index contributed by atoms with van der Waals surface area (Å²) in [6, 6.07) is 13.9. The van der Waals surface area contributed by atoms with Crippen LogP contribution in [0.25, 0.3) is 5.57 Å². The molecule has 13 heteroatoms. The molecule has 0 aromatic heterocycles. The number of carbonyl (C=O) groups is 2. The molecule has 1 aliphatic heterocycles. The number of amides is 2. The molecule has 48 heavy (non-hydrogen) atoms. The molecule has 3 aromatic carbocycles. The lowest BCUT2D eigenvalue weighted by Gasteiger charge is -2.23. The molecule has 252 valence electrons. The van der Waals surface area contributed by atoms with E-state index in [-0.39, 0.29) is 5.78 Å². The standard InChI is InChI=1S/C35H34F3N3O6S/c1-4-46-28-11-8-9-23-30(28)24-19-41(20-25(24)32(31(23)42)47-5-2)27-14-13-22(17-21(27)3)18-34(15-16-34)39-33(43)40-48(44,45)29-12-7-6-10-26(29)35(36,37)38/h6-14,17,19H,4-5,15-16,18,20H2,1-3H3,(H2,39,40,43). The van der Waals surface area contributed by atoms with Gasteiger partial charge in [-0.05, 0) is 75.4 Å². The summed E-state index contributed by atoms with van der Waals surface area (Å²) in [5, 5.41) is 2.67. The summed E-state index contributed by atoms with van der Waals surface area (Å²) in [7, 11) is -4.79. The molecule has 0 unspecified atom stereocenters. The largest absolute Gasteiger partial charge is 0.493 e. The van der Waals surface area contributed by atoms with E-state index in [0.29, 0.717) is 62.2 Å². The number of carbonyl (C=O) groups excluding carboxylic acids is 2. The lowest BCUT2D eigenvalue weighted by Crippen LogP contribution is -2.47. The van der Waals surface area contributed by atoms with Gasteiger partial charge in [-0.1, -0.05) is 36.4 Å². The minimum atomic E-state index is -4.91. The quantitative estimate of drug-likeness (QED) is 0.250. The van der Waals surface area contributed by atoms with Gasteiger partial charge in [-0.2, -0.15) is 13.2 Å². The minimum absolute atomic E-state index is 0.182. The summed E-state index contributed by atoms with van der Waals surface area (Å²) in [6.07, 6.45) is -1.38. The Kier molecular flexibility index (Phi) is 8.52. The Morgan fingerprint density at radius 2 is 1.73 bits per heavy atom. The van der Waals surface area contributed by atoms with Crippen molar-refractivity contribution in [1.82, 2.24) is 10.0 Å². The predicted molar refractivity (Wildman–Crippen MR) is 173 cm³/mol.